The van der Waals surface area contributed by atoms with Crippen molar-refractivity contribution in [1.29, 1.82) is 0 Å². The van der Waals surface area contributed by atoms with Gasteiger partial charge in [0.1, 0.15) is 11.6 Å². The largest absolute Gasteiger partial charge is 0.495 e. The Balaban J connectivity index is 1.31. The minimum Gasteiger partial charge on any atom is -0.495 e. The third-order valence-corrected chi connectivity index (χ3v) is 9.91. The van der Waals surface area contributed by atoms with Crippen LogP contribution in [0.25, 0.3) is 11.1 Å². The molecule has 3 aromatic rings. The number of amides is 3. The first-order valence-electron chi connectivity index (χ1n) is 15.6. The summed E-state index contributed by atoms with van der Waals surface area (Å²) in [6, 6.07) is 11.2. The van der Waals surface area contributed by atoms with Gasteiger partial charge >= 0.3 is 6.03 Å². The highest BCUT2D eigenvalue weighted by Crippen LogP contribution is 2.38. The van der Waals surface area contributed by atoms with Gasteiger partial charge in [-0.05, 0) is 74.4 Å². The van der Waals surface area contributed by atoms with Crippen molar-refractivity contribution >= 4 is 46.3 Å². The number of benzene rings is 1. The Kier molecular flexibility index (Phi) is 9.39. The van der Waals surface area contributed by atoms with Gasteiger partial charge < -0.3 is 34.9 Å². The zero-order valence-corrected chi connectivity index (χ0v) is 26.5. The van der Waals surface area contributed by atoms with Crippen LogP contribution in [0.3, 0.4) is 0 Å². The fourth-order valence-electron chi connectivity index (χ4n) is 6.54. The number of carbonyl (C=O) groups is 2. The highest BCUT2D eigenvalue weighted by molar-refractivity contribution is 7.99. The molecule has 0 spiro atoms. The number of aromatic nitrogens is 1. The Labute approximate surface area is 266 Å². The Bertz CT molecular complexity index is 1590. The minimum atomic E-state index is -2.56. The van der Waals surface area contributed by atoms with Crippen LogP contribution < -0.4 is 20.7 Å². The summed E-state index contributed by atoms with van der Waals surface area (Å²) in [4.78, 5) is 30.7. The lowest BCUT2D eigenvalue weighted by molar-refractivity contribution is 0.0950. The molecule has 0 radical (unpaired) electrons. The van der Waals surface area contributed by atoms with Gasteiger partial charge in [-0.1, -0.05) is 23.9 Å². The van der Waals surface area contributed by atoms with Crippen molar-refractivity contribution < 1.29 is 23.1 Å². The first-order valence-corrected chi connectivity index (χ1v) is 16.4. The number of ether oxygens (including phenoxy) is 1. The molecule has 2 fully saturated rings. The van der Waals surface area contributed by atoms with E-state index in [0.29, 0.717) is 72.1 Å². The highest BCUT2D eigenvalue weighted by atomic mass is 32.2. The number of rotatable bonds is 3. The number of halogens is 2. The lowest BCUT2D eigenvalue weighted by Gasteiger charge is -2.35. The Morgan fingerprint density at radius 1 is 1.00 bits per heavy atom. The summed E-state index contributed by atoms with van der Waals surface area (Å²) in [6.45, 7) is 5.63. The second kappa shape index (κ2) is 13.6. The van der Waals surface area contributed by atoms with E-state index in [1.807, 2.05) is 57.7 Å². The third kappa shape index (κ3) is 6.85. The average Bonchev–Trinajstić information content (AvgIpc) is 3.66. The number of pyridine rings is 1. The van der Waals surface area contributed by atoms with Crippen LogP contribution in [-0.2, 0) is 0 Å². The summed E-state index contributed by atoms with van der Waals surface area (Å²) in [5, 5.41) is 9.99. The van der Waals surface area contributed by atoms with Crippen LogP contribution in [0.2, 0.25) is 0 Å². The number of thioether (sulfide) groups is 1. The van der Waals surface area contributed by atoms with Crippen molar-refractivity contribution in [2.45, 2.75) is 49.3 Å². The molecular formula is C33H40F2N6O3S. The maximum Gasteiger partial charge on any atom is 0.320 e. The van der Waals surface area contributed by atoms with Crippen LogP contribution >= 0.6 is 11.8 Å². The molecule has 2 saturated heterocycles. The van der Waals surface area contributed by atoms with Crippen LogP contribution in [0.15, 0.2) is 53.6 Å². The van der Waals surface area contributed by atoms with E-state index in [1.165, 1.54) is 0 Å². The standard InChI is InChI=1S/C33H40F2N6O3S/c1-21-8-13-36-26-7-6-23(18-28(26)44-2)31(42)37-14-9-22-10-15-40(19-22)33(43)39-16-11-24(12-17-39)38-29-5-3-4-27-30(45-32(34)35)25(21)20-41(27)29/h3-8,18,20,22,24,32,36,38H,9-17,19H2,1-2H3,(H,37,42)/b21-8-/t22-/m1/s1. The number of methoxy groups -OCH3 is 1. The van der Waals surface area contributed by atoms with Gasteiger partial charge in [0.2, 0.25) is 0 Å². The minimum absolute atomic E-state index is 0.0828. The molecule has 0 unspecified atom stereocenters. The summed E-state index contributed by atoms with van der Waals surface area (Å²) in [5.41, 5.74) is 3.54. The second-order valence-corrected chi connectivity index (χ2v) is 12.9. The SMILES string of the molecule is COc1cc2ccc1NC/C=C(/C)c1cn3c(cccc3c1SC(F)F)NC1CCN(CC1)C(=O)N1CC[C@@H](CCNC2=O)C1. The van der Waals surface area contributed by atoms with E-state index in [9.17, 15) is 18.4 Å². The number of nitrogens with zero attached hydrogens (tertiary/aromatic N) is 3. The van der Waals surface area contributed by atoms with Crippen molar-refractivity contribution in [2.75, 3.05) is 57.0 Å². The Morgan fingerprint density at radius 3 is 2.58 bits per heavy atom. The van der Waals surface area contributed by atoms with E-state index >= 15 is 0 Å². The monoisotopic (exact) mass is 638 g/mol. The van der Waals surface area contributed by atoms with Gasteiger partial charge in [-0.15, -0.1) is 0 Å². The number of alkyl halides is 2. The number of hydrogen-bond acceptors (Lipinski definition) is 6. The molecule has 45 heavy (non-hydrogen) atoms. The molecule has 2 aromatic heterocycles. The van der Waals surface area contributed by atoms with Crippen molar-refractivity contribution in [2.24, 2.45) is 5.92 Å². The molecule has 9 nitrogen and oxygen atoms in total. The zero-order valence-electron chi connectivity index (χ0n) is 25.7. The van der Waals surface area contributed by atoms with Crippen molar-refractivity contribution in [1.82, 2.24) is 19.5 Å². The molecule has 12 heteroatoms. The number of hydrogen-bond donors (Lipinski definition) is 3. The number of anilines is 2. The lowest BCUT2D eigenvalue weighted by atomic mass is 10.0. The lowest BCUT2D eigenvalue weighted by Crippen LogP contribution is -2.48. The molecule has 9 rings (SSSR count). The first-order chi connectivity index (χ1) is 21.8. The number of allylic oxidation sites excluding steroid dienone is 1. The molecule has 0 saturated carbocycles. The van der Waals surface area contributed by atoms with Gasteiger partial charge in [0.25, 0.3) is 11.7 Å². The number of urea groups is 1. The molecule has 3 N–H and O–H groups in total. The fraction of sp³-hybridized carbons (Fsp3) is 0.455. The van der Waals surface area contributed by atoms with Gasteiger partial charge in [-0.25, -0.2) is 4.79 Å². The predicted octanol–water partition coefficient (Wildman–Crippen LogP) is 6.23. The van der Waals surface area contributed by atoms with Crippen molar-refractivity contribution in [3.05, 3.63) is 59.8 Å². The number of piperidine rings is 1. The van der Waals surface area contributed by atoms with Gasteiger partial charge in [-0.2, -0.15) is 8.78 Å². The van der Waals surface area contributed by atoms with E-state index in [0.717, 1.165) is 54.9 Å². The summed E-state index contributed by atoms with van der Waals surface area (Å²) in [6.07, 6.45) is 7.23. The van der Waals surface area contributed by atoms with Gasteiger partial charge in [0, 0.05) is 67.5 Å². The van der Waals surface area contributed by atoms with Gasteiger partial charge in [-0.3, -0.25) is 4.79 Å². The quantitative estimate of drug-likeness (QED) is 0.295. The molecule has 6 aliphatic rings. The molecule has 6 aliphatic heterocycles. The van der Waals surface area contributed by atoms with E-state index in [4.69, 9.17) is 4.74 Å². The summed E-state index contributed by atoms with van der Waals surface area (Å²) in [7, 11) is 1.56. The van der Waals surface area contributed by atoms with Crippen molar-refractivity contribution in [3.8, 4) is 5.75 Å². The number of carbonyl (C=O) groups excluding carboxylic acids is 2. The maximum atomic E-state index is 13.8. The molecular weight excluding hydrogens is 598 g/mol. The molecule has 3 amide bonds. The van der Waals surface area contributed by atoms with Crippen LogP contribution in [0.1, 0.15) is 48.5 Å². The Morgan fingerprint density at radius 2 is 1.80 bits per heavy atom. The summed E-state index contributed by atoms with van der Waals surface area (Å²) in [5.74, 6) is -1.02. The van der Waals surface area contributed by atoms with Crippen LogP contribution in [0.5, 0.6) is 5.75 Å². The molecule has 8 bridgehead atoms. The average molecular weight is 639 g/mol. The van der Waals surface area contributed by atoms with Crippen LogP contribution in [0.4, 0.5) is 25.1 Å². The number of nitrogens with one attached hydrogen (secondary N) is 3. The van der Waals surface area contributed by atoms with E-state index in [2.05, 4.69) is 16.0 Å². The molecule has 0 aliphatic carbocycles. The predicted molar refractivity (Wildman–Crippen MR) is 175 cm³/mol. The summed E-state index contributed by atoms with van der Waals surface area (Å²) >= 11 is 0.557. The van der Waals surface area contributed by atoms with Crippen molar-refractivity contribution in [3.63, 3.8) is 0 Å². The van der Waals surface area contributed by atoms with Gasteiger partial charge in [0.05, 0.1) is 18.3 Å². The molecule has 240 valence electrons. The highest BCUT2D eigenvalue weighted by Gasteiger charge is 2.31. The smallest absolute Gasteiger partial charge is 0.320 e. The zero-order chi connectivity index (χ0) is 31.5. The topological polar surface area (TPSA) is 90.3 Å². The summed E-state index contributed by atoms with van der Waals surface area (Å²) < 4.78 is 35.1. The second-order valence-electron chi connectivity index (χ2n) is 11.9. The van der Waals surface area contributed by atoms with E-state index in [-0.39, 0.29) is 18.0 Å². The maximum absolute atomic E-state index is 13.8. The fourth-order valence-corrected chi connectivity index (χ4v) is 7.35. The third-order valence-electron chi connectivity index (χ3n) is 9.07. The van der Waals surface area contributed by atoms with E-state index < -0.39 is 5.76 Å². The van der Waals surface area contributed by atoms with Crippen LogP contribution in [-0.4, -0.2) is 84.3 Å². The molecule has 1 atom stereocenters. The molecule has 8 heterocycles. The van der Waals surface area contributed by atoms with Crippen LogP contribution in [0, 0.1) is 5.92 Å². The van der Waals surface area contributed by atoms with E-state index in [1.54, 1.807) is 19.2 Å². The Hall–Kier alpha value is -3.93. The van der Waals surface area contributed by atoms with Gasteiger partial charge in [0.15, 0.2) is 0 Å². The first kappa shape index (κ1) is 31.1. The molecule has 1 aromatic carbocycles. The normalized spacial score (nSPS) is 22.6.